The number of anilines is 3. The molecule has 1 aromatic heterocycles. The lowest BCUT2D eigenvalue weighted by molar-refractivity contribution is 0.332. The SMILES string of the molecule is CC1(C)CCC(C)(C)c2cc(-n3c4ccccc4c4ccc(-c5ccc(N(c6ccc(-c7ccccc7)cc6)c6ccc(-c7ccccc7)cc6)cc5)cc43)ccc21. The van der Waals surface area contributed by atoms with Crippen LogP contribution >= 0.6 is 0 Å². The van der Waals surface area contributed by atoms with E-state index in [0.717, 1.165) is 17.1 Å². The second-order valence-electron chi connectivity index (χ2n) is 17.3. The summed E-state index contributed by atoms with van der Waals surface area (Å²) in [5.74, 6) is 0. The van der Waals surface area contributed by atoms with Crippen molar-refractivity contribution < 1.29 is 0 Å². The topological polar surface area (TPSA) is 8.17 Å². The number of aromatic nitrogens is 1. The van der Waals surface area contributed by atoms with Crippen molar-refractivity contribution in [3.63, 3.8) is 0 Å². The standard InChI is InChI=1S/C56H48N2/c1-55(2)35-36-56(3,4)52-38-48(32-34-51(52)55)58-53-18-12-11-17-49(53)50-33-25-44(37-54(50)58)43-23-30-47(31-24-43)57(45-26-19-41(20-27-45)39-13-7-5-8-14-39)46-28-21-42(22-29-46)40-15-9-6-10-16-40/h5-34,37-38H,35-36H2,1-4H3. The third-order valence-electron chi connectivity index (χ3n) is 12.7. The molecule has 9 aromatic rings. The molecule has 0 unspecified atom stereocenters. The number of nitrogens with zero attached hydrogens (tertiary/aromatic N) is 2. The summed E-state index contributed by atoms with van der Waals surface area (Å²) in [7, 11) is 0. The molecule has 282 valence electrons. The van der Waals surface area contributed by atoms with E-state index in [1.54, 1.807) is 0 Å². The summed E-state index contributed by atoms with van der Waals surface area (Å²) < 4.78 is 2.49. The van der Waals surface area contributed by atoms with Crippen molar-refractivity contribution >= 4 is 38.9 Å². The molecule has 0 radical (unpaired) electrons. The quantitative estimate of drug-likeness (QED) is 0.158. The molecule has 0 spiro atoms. The van der Waals surface area contributed by atoms with Crippen LogP contribution in [0.3, 0.4) is 0 Å². The van der Waals surface area contributed by atoms with Gasteiger partial charge in [-0.2, -0.15) is 0 Å². The molecule has 1 aliphatic rings. The molecule has 1 aliphatic carbocycles. The maximum atomic E-state index is 2.49. The van der Waals surface area contributed by atoms with E-state index in [0.29, 0.717) is 0 Å². The van der Waals surface area contributed by atoms with Crippen LogP contribution in [0.25, 0.3) is 60.9 Å². The van der Waals surface area contributed by atoms with Crippen LogP contribution < -0.4 is 4.90 Å². The first-order valence-electron chi connectivity index (χ1n) is 20.6. The van der Waals surface area contributed by atoms with Gasteiger partial charge in [-0.15, -0.1) is 0 Å². The number of hydrogen-bond acceptors (Lipinski definition) is 1. The molecule has 58 heavy (non-hydrogen) atoms. The first kappa shape index (κ1) is 35.8. The molecule has 10 rings (SSSR count). The predicted octanol–water partition coefficient (Wildman–Crippen LogP) is 15.6. The molecule has 2 nitrogen and oxygen atoms in total. The zero-order valence-corrected chi connectivity index (χ0v) is 33.8. The normalized spacial score (nSPS) is 14.3. The van der Waals surface area contributed by atoms with Crippen LogP contribution in [-0.2, 0) is 10.8 Å². The van der Waals surface area contributed by atoms with Gasteiger partial charge < -0.3 is 9.47 Å². The average molecular weight is 749 g/mol. The summed E-state index contributed by atoms with van der Waals surface area (Å²) in [6.07, 6.45) is 2.40. The fraction of sp³-hybridized carbons (Fsp3) is 0.143. The van der Waals surface area contributed by atoms with E-state index in [1.807, 2.05) is 0 Å². The molecule has 0 aliphatic heterocycles. The Morgan fingerprint density at radius 3 is 1.34 bits per heavy atom. The highest BCUT2D eigenvalue weighted by atomic mass is 15.1. The molecule has 2 heteroatoms. The molecular formula is C56H48N2. The fourth-order valence-corrected chi connectivity index (χ4v) is 9.26. The van der Waals surface area contributed by atoms with Crippen molar-refractivity contribution in [2.24, 2.45) is 0 Å². The largest absolute Gasteiger partial charge is 0.311 e. The highest BCUT2D eigenvalue weighted by molar-refractivity contribution is 6.10. The second-order valence-corrected chi connectivity index (χ2v) is 17.3. The first-order chi connectivity index (χ1) is 28.2. The van der Waals surface area contributed by atoms with Crippen molar-refractivity contribution in [1.29, 1.82) is 0 Å². The Morgan fingerprint density at radius 2 is 0.793 bits per heavy atom. The zero-order chi connectivity index (χ0) is 39.4. The Labute approximate surface area is 342 Å². The molecule has 0 N–H and O–H groups in total. The van der Waals surface area contributed by atoms with Crippen molar-refractivity contribution in [1.82, 2.24) is 4.57 Å². The number of para-hydroxylation sites is 1. The van der Waals surface area contributed by atoms with Crippen LogP contribution in [0, 0.1) is 0 Å². The Kier molecular flexibility index (Phi) is 8.68. The van der Waals surface area contributed by atoms with Gasteiger partial charge in [0.2, 0.25) is 0 Å². The summed E-state index contributed by atoms with van der Waals surface area (Å²) in [5.41, 5.74) is 17.5. The molecule has 0 fully saturated rings. The summed E-state index contributed by atoms with van der Waals surface area (Å²) >= 11 is 0. The molecule has 1 heterocycles. The van der Waals surface area contributed by atoms with Crippen molar-refractivity contribution in [3.8, 4) is 39.1 Å². The summed E-state index contributed by atoms with van der Waals surface area (Å²) in [6.45, 7) is 9.64. The van der Waals surface area contributed by atoms with E-state index in [4.69, 9.17) is 0 Å². The molecule has 0 saturated heterocycles. The Bertz CT molecular complexity index is 2810. The van der Waals surface area contributed by atoms with Gasteiger partial charge >= 0.3 is 0 Å². The van der Waals surface area contributed by atoms with Crippen LogP contribution in [0.4, 0.5) is 17.1 Å². The Balaban J connectivity index is 1.05. The summed E-state index contributed by atoms with van der Waals surface area (Å²) in [4.78, 5) is 2.35. The van der Waals surface area contributed by atoms with Gasteiger partial charge in [-0.25, -0.2) is 0 Å². The van der Waals surface area contributed by atoms with Gasteiger partial charge in [0.1, 0.15) is 0 Å². The average Bonchev–Trinajstić information content (AvgIpc) is 3.60. The lowest BCUT2D eigenvalue weighted by atomic mass is 9.63. The molecule has 0 atom stereocenters. The van der Waals surface area contributed by atoms with Gasteiger partial charge in [0.15, 0.2) is 0 Å². The Hall–Kier alpha value is -6.64. The Morgan fingerprint density at radius 1 is 0.362 bits per heavy atom. The second kappa shape index (κ2) is 14.1. The smallest absolute Gasteiger partial charge is 0.0547 e. The first-order valence-corrected chi connectivity index (χ1v) is 20.6. The predicted molar refractivity (Wildman–Crippen MR) is 247 cm³/mol. The molecular weight excluding hydrogens is 701 g/mol. The third kappa shape index (κ3) is 6.30. The summed E-state index contributed by atoms with van der Waals surface area (Å²) in [6, 6.07) is 71.2. The van der Waals surface area contributed by atoms with Gasteiger partial charge in [0.05, 0.1) is 11.0 Å². The number of rotatable bonds is 7. The van der Waals surface area contributed by atoms with E-state index in [9.17, 15) is 0 Å². The van der Waals surface area contributed by atoms with Crippen LogP contribution in [0.15, 0.2) is 194 Å². The number of benzene rings is 8. The molecule has 0 saturated carbocycles. The fourth-order valence-electron chi connectivity index (χ4n) is 9.26. The van der Waals surface area contributed by atoms with Crippen LogP contribution in [0.1, 0.15) is 51.7 Å². The van der Waals surface area contributed by atoms with Gasteiger partial charge in [-0.3, -0.25) is 0 Å². The van der Waals surface area contributed by atoms with E-state index in [2.05, 4.69) is 231 Å². The maximum Gasteiger partial charge on any atom is 0.0547 e. The van der Waals surface area contributed by atoms with Crippen LogP contribution in [0.2, 0.25) is 0 Å². The van der Waals surface area contributed by atoms with Gasteiger partial charge in [-0.05, 0) is 129 Å². The van der Waals surface area contributed by atoms with E-state index in [1.165, 1.54) is 84.8 Å². The minimum Gasteiger partial charge on any atom is -0.311 e. The van der Waals surface area contributed by atoms with Gasteiger partial charge in [-0.1, -0.05) is 161 Å². The van der Waals surface area contributed by atoms with Crippen molar-refractivity contribution in [3.05, 3.63) is 205 Å². The van der Waals surface area contributed by atoms with E-state index >= 15 is 0 Å². The summed E-state index contributed by atoms with van der Waals surface area (Å²) in [5, 5.41) is 2.56. The number of hydrogen-bond donors (Lipinski definition) is 0. The highest BCUT2D eigenvalue weighted by Gasteiger charge is 2.37. The zero-order valence-electron chi connectivity index (χ0n) is 33.8. The monoisotopic (exact) mass is 748 g/mol. The third-order valence-corrected chi connectivity index (χ3v) is 12.7. The minimum atomic E-state index is 0.133. The van der Waals surface area contributed by atoms with Gasteiger partial charge in [0.25, 0.3) is 0 Å². The lowest BCUT2D eigenvalue weighted by Gasteiger charge is -2.42. The highest BCUT2D eigenvalue weighted by Crippen LogP contribution is 2.47. The maximum absolute atomic E-state index is 2.49. The lowest BCUT2D eigenvalue weighted by Crippen LogP contribution is -2.33. The van der Waals surface area contributed by atoms with E-state index in [-0.39, 0.29) is 10.8 Å². The molecule has 8 aromatic carbocycles. The van der Waals surface area contributed by atoms with E-state index < -0.39 is 0 Å². The van der Waals surface area contributed by atoms with Gasteiger partial charge in [0, 0.05) is 33.5 Å². The molecule has 0 bridgehead atoms. The van der Waals surface area contributed by atoms with Crippen molar-refractivity contribution in [2.45, 2.75) is 51.4 Å². The van der Waals surface area contributed by atoms with Crippen molar-refractivity contribution in [2.75, 3.05) is 4.90 Å². The van der Waals surface area contributed by atoms with Crippen LogP contribution in [-0.4, -0.2) is 4.57 Å². The minimum absolute atomic E-state index is 0.133. The molecule has 0 amide bonds. The van der Waals surface area contributed by atoms with Crippen LogP contribution in [0.5, 0.6) is 0 Å². The number of fused-ring (bicyclic) bond motifs is 4.